The van der Waals surface area contributed by atoms with E-state index >= 15 is 0 Å². The van der Waals surface area contributed by atoms with Gasteiger partial charge in [0.15, 0.2) is 17.4 Å². The lowest BCUT2D eigenvalue weighted by Gasteiger charge is -2.30. The number of hydrogen-bond donors (Lipinski definition) is 0. The molecule has 29 heavy (non-hydrogen) atoms. The van der Waals surface area contributed by atoms with Gasteiger partial charge in [0.05, 0.1) is 11.6 Å². The number of ketones is 1. The Morgan fingerprint density at radius 3 is 2.52 bits per heavy atom. The van der Waals surface area contributed by atoms with Crippen LogP contribution in [0.3, 0.4) is 0 Å². The molecule has 0 bridgehead atoms. The van der Waals surface area contributed by atoms with Crippen molar-refractivity contribution in [3.63, 3.8) is 0 Å². The van der Waals surface area contributed by atoms with Crippen molar-refractivity contribution in [1.29, 1.82) is 0 Å². The fourth-order valence-electron chi connectivity index (χ4n) is 3.65. The number of benzene rings is 2. The normalized spacial score (nSPS) is 20.6. The second-order valence-corrected chi connectivity index (χ2v) is 7.04. The molecule has 2 aliphatic heterocycles. The van der Waals surface area contributed by atoms with Crippen LogP contribution in [0.25, 0.3) is 0 Å². The summed E-state index contributed by atoms with van der Waals surface area (Å²) < 4.78 is 26.7. The molecular formula is C24H17F2NO2. The summed E-state index contributed by atoms with van der Waals surface area (Å²) >= 11 is 0. The predicted octanol–water partition coefficient (Wildman–Crippen LogP) is 4.00. The van der Waals surface area contributed by atoms with Gasteiger partial charge < -0.3 is 0 Å². The predicted molar refractivity (Wildman–Crippen MR) is 104 cm³/mol. The molecule has 4 rings (SSSR count). The van der Waals surface area contributed by atoms with Gasteiger partial charge in [-0.05, 0) is 49.2 Å². The summed E-state index contributed by atoms with van der Waals surface area (Å²) in [4.78, 5) is 27.3. The average Bonchev–Trinajstić information content (AvgIpc) is 3.16. The zero-order valence-corrected chi connectivity index (χ0v) is 15.7. The van der Waals surface area contributed by atoms with Gasteiger partial charge in [-0.2, -0.15) is 0 Å². The Bertz CT molecular complexity index is 1120. The number of hydrogen-bond acceptors (Lipinski definition) is 2. The SMILES string of the molecule is CC1=C2C(C#Cc3ccccc3)C=CN2C(=O)C(Cc2ccc(F)c(F)c2)C1=O. The van der Waals surface area contributed by atoms with Crippen molar-refractivity contribution in [2.24, 2.45) is 11.8 Å². The minimum atomic E-state index is -0.997. The van der Waals surface area contributed by atoms with E-state index in [1.54, 1.807) is 19.2 Å². The summed E-state index contributed by atoms with van der Waals surface area (Å²) in [5.41, 5.74) is 2.29. The monoisotopic (exact) mass is 389 g/mol. The fourth-order valence-corrected chi connectivity index (χ4v) is 3.65. The number of carbonyl (C=O) groups excluding carboxylic acids is 2. The second-order valence-electron chi connectivity index (χ2n) is 7.04. The summed E-state index contributed by atoms with van der Waals surface area (Å²) in [6, 6.07) is 12.9. The first kappa shape index (κ1) is 18.8. The molecule has 0 aromatic heterocycles. The lowest BCUT2D eigenvalue weighted by Crippen LogP contribution is -2.42. The molecule has 0 saturated heterocycles. The van der Waals surface area contributed by atoms with E-state index in [2.05, 4.69) is 11.8 Å². The van der Waals surface area contributed by atoms with Crippen molar-refractivity contribution < 1.29 is 18.4 Å². The first-order chi connectivity index (χ1) is 14.0. The van der Waals surface area contributed by atoms with Crippen molar-refractivity contribution in [3.05, 3.63) is 94.8 Å². The second kappa shape index (κ2) is 7.48. The highest BCUT2D eigenvalue weighted by Crippen LogP contribution is 2.36. The highest BCUT2D eigenvalue weighted by molar-refractivity contribution is 6.13. The molecule has 0 N–H and O–H groups in total. The Morgan fingerprint density at radius 2 is 1.79 bits per heavy atom. The molecule has 0 fully saturated rings. The third kappa shape index (κ3) is 3.50. The Hall–Kier alpha value is -3.52. The molecule has 2 atom stereocenters. The number of amides is 1. The first-order valence-corrected chi connectivity index (χ1v) is 9.22. The maximum absolute atomic E-state index is 13.5. The fraction of sp³-hybridized carbons (Fsp3) is 0.167. The molecule has 2 aromatic carbocycles. The van der Waals surface area contributed by atoms with Crippen molar-refractivity contribution in [1.82, 2.24) is 4.90 Å². The zero-order chi connectivity index (χ0) is 20.5. The molecule has 0 saturated carbocycles. The molecule has 2 aromatic rings. The van der Waals surface area contributed by atoms with Gasteiger partial charge in [0, 0.05) is 17.3 Å². The lowest BCUT2D eigenvalue weighted by atomic mass is 9.85. The van der Waals surface area contributed by atoms with Gasteiger partial charge in [0.1, 0.15) is 5.92 Å². The van der Waals surface area contributed by atoms with Gasteiger partial charge in [-0.15, -0.1) is 0 Å². The van der Waals surface area contributed by atoms with E-state index in [0.29, 0.717) is 16.8 Å². The van der Waals surface area contributed by atoms with Crippen LogP contribution in [0.4, 0.5) is 8.78 Å². The molecule has 144 valence electrons. The largest absolute Gasteiger partial charge is 0.294 e. The molecule has 5 heteroatoms. The highest BCUT2D eigenvalue weighted by Gasteiger charge is 2.42. The topological polar surface area (TPSA) is 37.4 Å². The van der Waals surface area contributed by atoms with E-state index in [9.17, 15) is 18.4 Å². The molecule has 0 spiro atoms. The van der Waals surface area contributed by atoms with Crippen LogP contribution in [0.15, 0.2) is 72.1 Å². The summed E-state index contributed by atoms with van der Waals surface area (Å²) in [6.07, 6.45) is 3.44. The van der Waals surface area contributed by atoms with E-state index in [-0.39, 0.29) is 24.0 Å². The van der Waals surface area contributed by atoms with Gasteiger partial charge in [-0.25, -0.2) is 8.78 Å². The molecule has 0 radical (unpaired) electrons. The number of Topliss-reactive ketones (excluding diaryl/α,β-unsaturated/α-hetero) is 1. The third-order valence-electron chi connectivity index (χ3n) is 5.16. The minimum Gasteiger partial charge on any atom is -0.294 e. The van der Waals surface area contributed by atoms with E-state index in [1.165, 1.54) is 11.0 Å². The first-order valence-electron chi connectivity index (χ1n) is 9.22. The highest BCUT2D eigenvalue weighted by atomic mass is 19.2. The van der Waals surface area contributed by atoms with Crippen LogP contribution >= 0.6 is 0 Å². The van der Waals surface area contributed by atoms with Crippen LogP contribution in [0, 0.1) is 35.3 Å². The van der Waals surface area contributed by atoms with Gasteiger partial charge in [-0.3, -0.25) is 14.5 Å². The summed E-state index contributed by atoms with van der Waals surface area (Å²) in [5.74, 6) is 2.23. The molecule has 1 amide bonds. The zero-order valence-electron chi connectivity index (χ0n) is 15.7. The maximum Gasteiger partial charge on any atom is 0.242 e. The summed E-state index contributed by atoms with van der Waals surface area (Å²) in [6.45, 7) is 1.68. The number of allylic oxidation sites excluding steroid dienone is 2. The molecule has 3 nitrogen and oxygen atoms in total. The van der Waals surface area contributed by atoms with Gasteiger partial charge in [0.25, 0.3) is 0 Å². The van der Waals surface area contributed by atoms with Crippen molar-refractivity contribution in [2.45, 2.75) is 13.3 Å². The minimum absolute atomic E-state index is 0.0180. The van der Waals surface area contributed by atoms with Crippen LogP contribution in [0.2, 0.25) is 0 Å². The van der Waals surface area contributed by atoms with E-state index in [0.717, 1.165) is 17.7 Å². The quantitative estimate of drug-likeness (QED) is 0.575. The van der Waals surface area contributed by atoms with E-state index < -0.39 is 17.6 Å². The van der Waals surface area contributed by atoms with Crippen molar-refractivity contribution >= 4 is 11.7 Å². The van der Waals surface area contributed by atoms with Gasteiger partial charge in [0.2, 0.25) is 5.91 Å². The van der Waals surface area contributed by atoms with E-state index in [4.69, 9.17) is 0 Å². The van der Waals surface area contributed by atoms with Gasteiger partial charge >= 0.3 is 0 Å². The molecule has 0 aliphatic carbocycles. The average molecular weight is 389 g/mol. The standard InChI is InChI=1S/C24H17F2NO2/c1-15-22-18(9-7-16-5-3-2-4-6-16)11-12-27(22)24(29)19(23(15)28)13-17-8-10-20(25)21(26)14-17/h2-6,8,10-12,14,18-19H,13H2,1H3. The van der Waals surface area contributed by atoms with Crippen LogP contribution in [0.1, 0.15) is 18.1 Å². The van der Waals surface area contributed by atoms with Crippen LogP contribution < -0.4 is 0 Å². The smallest absolute Gasteiger partial charge is 0.242 e. The maximum atomic E-state index is 13.5. The Balaban J connectivity index is 1.62. The van der Waals surface area contributed by atoms with Crippen LogP contribution in [-0.2, 0) is 16.0 Å². The Labute approximate surface area is 167 Å². The number of carbonyl (C=O) groups is 2. The van der Waals surface area contributed by atoms with Crippen LogP contribution in [0.5, 0.6) is 0 Å². The Morgan fingerprint density at radius 1 is 1.03 bits per heavy atom. The van der Waals surface area contributed by atoms with Crippen molar-refractivity contribution in [2.75, 3.05) is 0 Å². The van der Waals surface area contributed by atoms with Gasteiger partial charge in [-0.1, -0.05) is 36.1 Å². The third-order valence-corrected chi connectivity index (χ3v) is 5.16. The molecular weight excluding hydrogens is 372 g/mol. The number of rotatable bonds is 2. The number of halogens is 2. The number of nitrogens with zero attached hydrogens (tertiary/aromatic N) is 1. The summed E-state index contributed by atoms with van der Waals surface area (Å²) in [7, 11) is 0. The molecule has 2 unspecified atom stereocenters. The summed E-state index contributed by atoms with van der Waals surface area (Å²) in [5, 5.41) is 0. The molecule has 2 aliphatic rings. The van der Waals surface area contributed by atoms with Crippen LogP contribution in [-0.4, -0.2) is 16.6 Å². The van der Waals surface area contributed by atoms with E-state index in [1.807, 2.05) is 30.3 Å². The lowest BCUT2D eigenvalue weighted by molar-refractivity contribution is -0.138. The Kier molecular flexibility index (Phi) is 4.85. The molecule has 2 heterocycles. The number of fused-ring (bicyclic) bond motifs is 1. The van der Waals surface area contributed by atoms with Crippen molar-refractivity contribution in [3.8, 4) is 11.8 Å².